The molecule has 0 saturated heterocycles. The van der Waals surface area contributed by atoms with E-state index < -0.39 is 0 Å². The first kappa shape index (κ1) is 11.2. The fourth-order valence-corrected chi connectivity index (χ4v) is 3.27. The Labute approximate surface area is 103 Å². The highest BCUT2D eigenvalue weighted by molar-refractivity contribution is 5.14. The topological polar surface area (TPSA) is 37.0 Å². The van der Waals surface area contributed by atoms with E-state index in [-0.39, 0.29) is 0 Å². The average Bonchev–Trinajstić information content (AvgIpc) is 2.53. The highest BCUT2D eigenvalue weighted by atomic mass is 15.4. The van der Waals surface area contributed by atoms with Crippen molar-refractivity contribution in [3.05, 3.63) is 29.6 Å². The van der Waals surface area contributed by atoms with Crippen LogP contribution >= 0.6 is 0 Å². The van der Waals surface area contributed by atoms with Gasteiger partial charge in [0.1, 0.15) is 0 Å². The predicted molar refractivity (Wildman–Crippen MR) is 68.2 cm³/mol. The summed E-state index contributed by atoms with van der Waals surface area (Å²) in [6.45, 7) is 2.92. The van der Waals surface area contributed by atoms with Crippen LogP contribution in [0.2, 0.25) is 0 Å². The van der Waals surface area contributed by atoms with Gasteiger partial charge < -0.3 is 0 Å². The van der Waals surface area contributed by atoms with Gasteiger partial charge in [-0.2, -0.15) is 0 Å². The first-order valence-corrected chi connectivity index (χ1v) is 6.73. The van der Waals surface area contributed by atoms with Crippen LogP contribution in [-0.4, -0.2) is 11.0 Å². The summed E-state index contributed by atoms with van der Waals surface area (Å²) in [4.78, 5) is 4.21. The Bertz CT molecular complexity index is 391. The SMILES string of the molecule is Cc1cc(CNNC2CCC3CCC32)ccn1. The zero-order valence-electron chi connectivity index (χ0n) is 10.4. The summed E-state index contributed by atoms with van der Waals surface area (Å²) < 4.78 is 0. The van der Waals surface area contributed by atoms with Crippen LogP contribution in [0.15, 0.2) is 18.3 Å². The maximum absolute atomic E-state index is 4.21. The number of hydrazine groups is 1. The van der Waals surface area contributed by atoms with Crippen LogP contribution in [0, 0.1) is 18.8 Å². The van der Waals surface area contributed by atoms with E-state index in [1.165, 1.54) is 31.2 Å². The molecule has 1 aromatic heterocycles. The molecule has 2 N–H and O–H groups in total. The lowest BCUT2D eigenvalue weighted by Gasteiger charge is -2.34. The number of nitrogens with zero attached hydrogens (tertiary/aromatic N) is 1. The van der Waals surface area contributed by atoms with Crippen molar-refractivity contribution in [2.24, 2.45) is 11.8 Å². The molecule has 2 fully saturated rings. The van der Waals surface area contributed by atoms with Crippen molar-refractivity contribution in [2.45, 2.75) is 45.2 Å². The molecule has 17 heavy (non-hydrogen) atoms. The van der Waals surface area contributed by atoms with E-state index in [1.54, 1.807) is 0 Å². The van der Waals surface area contributed by atoms with Crippen LogP contribution in [0.1, 0.15) is 36.9 Å². The van der Waals surface area contributed by atoms with Crippen LogP contribution in [0.4, 0.5) is 0 Å². The van der Waals surface area contributed by atoms with Gasteiger partial charge in [-0.1, -0.05) is 0 Å². The number of aryl methyl sites for hydroxylation is 1. The zero-order valence-corrected chi connectivity index (χ0v) is 10.4. The highest BCUT2D eigenvalue weighted by Crippen LogP contribution is 2.46. The number of rotatable bonds is 4. The Hall–Kier alpha value is -0.930. The number of fused-ring (bicyclic) bond motifs is 1. The second-order valence-corrected chi connectivity index (χ2v) is 5.49. The largest absolute Gasteiger partial charge is 0.262 e. The smallest absolute Gasteiger partial charge is 0.0375 e. The van der Waals surface area contributed by atoms with E-state index in [9.17, 15) is 0 Å². The summed E-state index contributed by atoms with van der Waals surface area (Å²) in [7, 11) is 0. The molecule has 0 aliphatic heterocycles. The van der Waals surface area contributed by atoms with E-state index in [1.807, 2.05) is 13.1 Å². The van der Waals surface area contributed by atoms with Crippen LogP contribution in [0.5, 0.6) is 0 Å². The monoisotopic (exact) mass is 231 g/mol. The second kappa shape index (κ2) is 4.75. The molecule has 3 rings (SSSR count). The molecule has 2 aliphatic rings. The minimum atomic E-state index is 0.705. The van der Waals surface area contributed by atoms with Gasteiger partial charge in [-0.3, -0.25) is 15.8 Å². The average molecular weight is 231 g/mol. The number of hydrogen-bond donors (Lipinski definition) is 2. The highest BCUT2D eigenvalue weighted by Gasteiger charge is 2.41. The molecule has 2 aliphatic carbocycles. The maximum Gasteiger partial charge on any atom is 0.0375 e. The van der Waals surface area contributed by atoms with E-state index >= 15 is 0 Å². The summed E-state index contributed by atoms with van der Waals surface area (Å²) in [6.07, 6.45) is 7.55. The van der Waals surface area contributed by atoms with Gasteiger partial charge in [0.05, 0.1) is 0 Å². The standard InChI is InChI=1S/C14H21N3/c1-10-8-11(6-7-15-10)9-16-17-14-5-3-12-2-4-13(12)14/h6-8,12-14,16-17H,2-5,9H2,1H3. The third-order valence-corrected chi connectivity index (χ3v) is 4.38. The first-order valence-electron chi connectivity index (χ1n) is 6.73. The van der Waals surface area contributed by atoms with Crippen molar-refractivity contribution in [1.82, 2.24) is 15.8 Å². The van der Waals surface area contributed by atoms with Gasteiger partial charge in [0, 0.05) is 24.5 Å². The van der Waals surface area contributed by atoms with Crippen LogP contribution in [-0.2, 0) is 6.54 Å². The summed E-state index contributed by atoms with van der Waals surface area (Å²) in [5.41, 5.74) is 9.27. The molecule has 3 atom stereocenters. The molecule has 0 amide bonds. The third-order valence-electron chi connectivity index (χ3n) is 4.38. The third kappa shape index (κ3) is 2.35. The van der Waals surface area contributed by atoms with Crippen molar-refractivity contribution in [3.8, 4) is 0 Å². The molecular formula is C14H21N3. The van der Waals surface area contributed by atoms with Gasteiger partial charge in [0.15, 0.2) is 0 Å². The van der Waals surface area contributed by atoms with E-state index in [4.69, 9.17) is 0 Å². The quantitative estimate of drug-likeness (QED) is 0.780. The van der Waals surface area contributed by atoms with E-state index in [2.05, 4.69) is 28.0 Å². The van der Waals surface area contributed by atoms with Gasteiger partial charge in [-0.05, 0) is 62.1 Å². The summed E-state index contributed by atoms with van der Waals surface area (Å²) >= 11 is 0. The molecule has 0 aromatic carbocycles. The fourth-order valence-electron chi connectivity index (χ4n) is 3.27. The zero-order chi connectivity index (χ0) is 11.7. The lowest BCUT2D eigenvalue weighted by atomic mass is 9.75. The Kier molecular flexibility index (Phi) is 3.12. The van der Waals surface area contributed by atoms with Gasteiger partial charge in [-0.25, -0.2) is 0 Å². The molecule has 92 valence electrons. The van der Waals surface area contributed by atoms with Gasteiger partial charge in [0.2, 0.25) is 0 Å². The molecule has 1 heterocycles. The molecule has 3 unspecified atom stereocenters. The Balaban J connectivity index is 1.46. The maximum atomic E-state index is 4.21. The molecule has 1 aromatic rings. The Morgan fingerprint density at radius 2 is 2.18 bits per heavy atom. The van der Waals surface area contributed by atoms with Crippen molar-refractivity contribution >= 4 is 0 Å². The van der Waals surface area contributed by atoms with Gasteiger partial charge in [0.25, 0.3) is 0 Å². The molecule has 3 nitrogen and oxygen atoms in total. The number of nitrogens with one attached hydrogen (secondary N) is 2. The number of aromatic nitrogens is 1. The fraction of sp³-hybridized carbons (Fsp3) is 0.643. The number of hydrogen-bond acceptors (Lipinski definition) is 3. The van der Waals surface area contributed by atoms with Gasteiger partial charge >= 0.3 is 0 Å². The summed E-state index contributed by atoms with van der Waals surface area (Å²) in [6, 6.07) is 4.91. The molecule has 0 bridgehead atoms. The minimum Gasteiger partial charge on any atom is -0.262 e. The molecule has 0 spiro atoms. The summed E-state index contributed by atoms with van der Waals surface area (Å²) in [5.74, 6) is 1.97. The van der Waals surface area contributed by atoms with E-state index in [0.29, 0.717) is 6.04 Å². The lowest BCUT2D eigenvalue weighted by Crippen LogP contribution is -2.45. The molecule has 2 saturated carbocycles. The first-order chi connectivity index (χ1) is 8.33. The van der Waals surface area contributed by atoms with Crippen LogP contribution < -0.4 is 10.9 Å². The molecule has 0 radical (unpaired) electrons. The van der Waals surface area contributed by atoms with Crippen molar-refractivity contribution in [3.63, 3.8) is 0 Å². The van der Waals surface area contributed by atoms with Crippen LogP contribution in [0.3, 0.4) is 0 Å². The Morgan fingerprint density at radius 1 is 1.29 bits per heavy atom. The predicted octanol–water partition coefficient (Wildman–Crippen LogP) is 2.17. The molecule has 3 heteroatoms. The van der Waals surface area contributed by atoms with Gasteiger partial charge in [-0.15, -0.1) is 0 Å². The second-order valence-electron chi connectivity index (χ2n) is 5.49. The summed E-state index contributed by atoms with van der Waals surface area (Å²) in [5, 5.41) is 0. The number of pyridine rings is 1. The normalized spacial score (nSPS) is 31.0. The minimum absolute atomic E-state index is 0.705. The van der Waals surface area contributed by atoms with Crippen molar-refractivity contribution in [2.75, 3.05) is 0 Å². The van der Waals surface area contributed by atoms with Crippen molar-refractivity contribution < 1.29 is 0 Å². The van der Waals surface area contributed by atoms with E-state index in [0.717, 1.165) is 24.1 Å². The lowest BCUT2D eigenvalue weighted by molar-refractivity contribution is 0.177. The van der Waals surface area contributed by atoms with Crippen LogP contribution in [0.25, 0.3) is 0 Å². The van der Waals surface area contributed by atoms with Crippen molar-refractivity contribution in [1.29, 1.82) is 0 Å². The molecular weight excluding hydrogens is 210 g/mol. The Morgan fingerprint density at radius 3 is 2.88 bits per heavy atom.